The number of hydrogen-bond donors (Lipinski definition) is 0. The third-order valence-electron chi connectivity index (χ3n) is 5.33. The van der Waals surface area contributed by atoms with Gasteiger partial charge in [-0.1, -0.05) is 48.2 Å². The number of rotatable bonds is 3. The molecule has 0 bridgehead atoms. The van der Waals surface area contributed by atoms with Crippen LogP contribution in [0, 0.1) is 0 Å². The number of thioether (sulfide) groups is 1. The van der Waals surface area contributed by atoms with Gasteiger partial charge in [0.2, 0.25) is 5.91 Å². The standard InChI is InChI=1S/C22H18N4O3S/c1-25-18-10-5-3-8-16(18)22(20(25)28)26(17-9-4-2-7-15(17)13-29-22)19(27)14-30-21-23-11-6-12-24-21/h2-12H,13-14H2,1H3/t22-/m0/s1. The van der Waals surface area contributed by atoms with E-state index in [1.165, 1.54) is 16.7 Å². The molecule has 2 aromatic carbocycles. The summed E-state index contributed by atoms with van der Waals surface area (Å²) < 4.78 is 6.22. The lowest BCUT2D eigenvalue weighted by Gasteiger charge is -2.43. The van der Waals surface area contributed by atoms with Crippen molar-refractivity contribution in [1.82, 2.24) is 9.97 Å². The second-order valence-corrected chi connectivity index (χ2v) is 7.93. The van der Waals surface area contributed by atoms with E-state index in [9.17, 15) is 9.59 Å². The van der Waals surface area contributed by atoms with Crippen molar-refractivity contribution in [3.05, 3.63) is 78.1 Å². The molecule has 5 rings (SSSR count). The molecular weight excluding hydrogens is 400 g/mol. The highest BCUT2D eigenvalue weighted by Crippen LogP contribution is 2.49. The van der Waals surface area contributed by atoms with Crippen LogP contribution in [0.3, 0.4) is 0 Å². The average Bonchev–Trinajstić information content (AvgIpc) is 3.01. The fourth-order valence-corrected chi connectivity index (χ4v) is 4.64. The van der Waals surface area contributed by atoms with Crippen LogP contribution in [0.5, 0.6) is 0 Å². The molecule has 0 saturated heterocycles. The first-order valence-electron chi connectivity index (χ1n) is 9.45. The molecule has 2 amide bonds. The van der Waals surface area contributed by atoms with Crippen molar-refractivity contribution >= 4 is 35.0 Å². The molecule has 0 N–H and O–H groups in total. The number of anilines is 2. The van der Waals surface area contributed by atoms with Crippen LogP contribution >= 0.6 is 11.8 Å². The highest BCUT2D eigenvalue weighted by atomic mass is 32.2. The lowest BCUT2D eigenvalue weighted by atomic mass is 9.97. The monoisotopic (exact) mass is 418 g/mol. The van der Waals surface area contributed by atoms with Gasteiger partial charge in [0.05, 0.1) is 23.7 Å². The van der Waals surface area contributed by atoms with Gasteiger partial charge in [0.15, 0.2) is 5.16 Å². The Morgan fingerprint density at radius 2 is 1.77 bits per heavy atom. The molecule has 30 heavy (non-hydrogen) atoms. The summed E-state index contributed by atoms with van der Waals surface area (Å²) >= 11 is 1.23. The van der Waals surface area contributed by atoms with Crippen molar-refractivity contribution in [1.29, 1.82) is 0 Å². The Hall–Kier alpha value is -3.23. The van der Waals surface area contributed by atoms with Gasteiger partial charge >= 0.3 is 0 Å². The molecule has 1 spiro atoms. The van der Waals surface area contributed by atoms with Crippen molar-refractivity contribution in [2.45, 2.75) is 17.5 Å². The lowest BCUT2D eigenvalue weighted by Crippen LogP contribution is -2.59. The molecule has 0 unspecified atom stereocenters. The van der Waals surface area contributed by atoms with Crippen LogP contribution in [0.2, 0.25) is 0 Å². The van der Waals surface area contributed by atoms with E-state index >= 15 is 0 Å². The Morgan fingerprint density at radius 3 is 2.57 bits per heavy atom. The highest BCUT2D eigenvalue weighted by Gasteiger charge is 2.59. The first-order valence-corrected chi connectivity index (χ1v) is 10.4. The van der Waals surface area contributed by atoms with E-state index in [0.717, 1.165) is 11.3 Å². The van der Waals surface area contributed by atoms with Gasteiger partial charge in [-0.15, -0.1) is 0 Å². The maximum absolute atomic E-state index is 13.6. The van der Waals surface area contributed by atoms with Crippen LogP contribution in [-0.4, -0.2) is 34.6 Å². The molecule has 3 aromatic rings. The molecule has 7 nitrogen and oxygen atoms in total. The fraction of sp³-hybridized carbons (Fsp3) is 0.182. The normalized spacial score (nSPS) is 19.7. The highest BCUT2D eigenvalue weighted by molar-refractivity contribution is 7.99. The Labute approximate surface area is 177 Å². The van der Waals surface area contributed by atoms with E-state index in [1.54, 1.807) is 30.4 Å². The van der Waals surface area contributed by atoms with Crippen molar-refractivity contribution < 1.29 is 14.3 Å². The van der Waals surface area contributed by atoms with Gasteiger partial charge in [-0.2, -0.15) is 0 Å². The maximum Gasteiger partial charge on any atom is 0.285 e. The Bertz CT molecular complexity index is 1140. The third kappa shape index (κ3) is 2.72. The number of para-hydroxylation sites is 2. The molecule has 8 heteroatoms. The first kappa shape index (κ1) is 18.8. The van der Waals surface area contributed by atoms with Gasteiger partial charge in [0, 0.05) is 30.6 Å². The van der Waals surface area contributed by atoms with E-state index < -0.39 is 5.72 Å². The third-order valence-corrected chi connectivity index (χ3v) is 6.19. The van der Waals surface area contributed by atoms with Crippen molar-refractivity contribution in [3.8, 4) is 0 Å². The first-order chi connectivity index (χ1) is 14.6. The predicted molar refractivity (Wildman–Crippen MR) is 113 cm³/mol. The second kappa shape index (κ2) is 7.23. The number of likely N-dealkylation sites (N-methyl/N-ethyl adjacent to an activating group) is 1. The largest absolute Gasteiger partial charge is 0.338 e. The van der Waals surface area contributed by atoms with E-state index in [2.05, 4.69) is 9.97 Å². The van der Waals surface area contributed by atoms with Crippen molar-refractivity contribution in [2.24, 2.45) is 0 Å². The summed E-state index contributed by atoms with van der Waals surface area (Å²) in [5.41, 5.74) is 1.42. The molecule has 2 aliphatic rings. The molecule has 3 heterocycles. The SMILES string of the molecule is CN1C(=O)[C@@]2(OCc3ccccc3N2C(=O)CSc2ncccn2)c2ccccc21. The predicted octanol–water partition coefficient (Wildman–Crippen LogP) is 2.96. The second-order valence-electron chi connectivity index (χ2n) is 6.99. The molecule has 0 fully saturated rings. The molecule has 0 saturated carbocycles. The molecular formula is C22H18N4O3S. The number of amides is 2. The zero-order valence-electron chi connectivity index (χ0n) is 16.2. The lowest BCUT2D eigenvalue weighted by molar-refractivity contribution is -0.152. The number of fused-ring (bicyclic) bond motifs is 3. The van der Waals surface area contributed by atoms with E-state index in [-0.39, 0.29) is 24.2 Å². The van der Waals surface area contributed by atoms with Crippen LogP contribution < -0.4 is 9.80 Å². The Balaban J connectivity index is 1.61. The van der Waals surface area contributed by atoms with Crippen LogP contribution in [-0.2, 0) is 26.7 Å². The van der Waals surface area contributed by atoms with Gasteiger partial charge in [0.25, 0.3) is 11.6 Å². The van der Waals surface area contributed by atoms with Gasteiger partial charge in [-0.25, -0.2) is 9.97 Å². The zero-order valence-corrected chi connectivity index (χ0v) is 17.0. The summed E-state index contributed by atoms with van der Waals surface area (Å²) in [6, 6.07) is 16.7. The van der Waals surface area contributed by atoms with Crippen LogP contribution in [0.25, 0.3) is 0 Å². The molecule has 1 aromatic heterocycles. The van der Waals surface area contributed by atoms with Crippen LogP contribution in [0.1, 0.15) is 11.1 Å². The fourth-order valence-electron chi connectivity index (χ4n) is 3.99. The van der Waals surface area contributed by atoms with Crippen LogP contribution in [0.15, 0.2) is 72.1 Å². The number of nitrogens with zero attached hydrogens (tertiary/aromatic N) is 4. The van der Waals surface area contributed by atoms with Crippen LogP contribution in [0.4, 0.5) is 11.4 Å². The van der Waals surface area contributed by atoms with E-state index in [0.29, 0.717) is 16.4 Å². The number of carbonyl (C=O) groups is 2. The number of aromatic nitrogens is 2. The Morgan fingerprint density at radius 1 is 1.07 bits per heavy atom. The quantitative estimate of drug-likeness (QED) is 0.481. The summed E-state index contributed by atoms with van der Waals surface area (Å²) in [5, 5.41) is 0.501. The summed E-state index contributed by atoms with van der Waals surface area (Å²) in [6.07, 6.45) is 3.26. The van der Waals surface area contributed by atoms with Gasteiger partial charge in [-0.3, -0.25) is 14.5 Å². The molecule has 150 valence electrons. The topological polar surface area (TPSA) is 75.6 Å². The number of carbonyl (C=O) groups excluding carboxylic acids is 2. The Kier molecular flexibility index (Phi) is 4.52. The summed E-state index contributed by atoms with van der Waals surface area (Å²) in [5.74, 6) is -0.464. The summed E-state index contributed by atoms with van der Waals surface area (Å²) in [7, 11) is 1.70. The minimum atomic E-state index is -1.52. The summed E-state index contributed by atoms with van der Waals surface area (Å²) in [4.78, 5) is 38.5. The van der Waals surface area contributed by atoms with Crippen molar-refractivity contribution in [3.63, 3.8) is 0 Å². The smallest absolute Gasteiger partial charge is 0.285 e. The van der Waals surface area contributed by atoms with Crippen molar-refractivity contribution in [2.75, 3.05) is 22.6 Å². The van der Waals surface area contributed by atoms with Gasteiger partial charge in [-0.05, 0) is 18.2 Å². The van der Waals surface area contributed by atoms with E-state index in [1.807, 2.05) is 48.5 Å². The zero-order chi connectivity index (χ0) is 20.7. The van der Waals surface area contributed by atoms with E-state index in [4.69, 9.17) is 4.74 Å². The average molecular weight is 418 g/mol. The molecule has 0 aliphatic carbocycles. The van der Waals surface area contributed by atoms with Gasteiger partial charge < -0.3 is 9.64 Å². The molecule has 1 atom stereocenters. The number of benzene rings is 2. The molecule has 0 radical (unpaired) electrons. The van der Waals surface area contributed by atoms with Gasteiger partial charge in [0.1, 0.15) is 0 Å². The summed E-state index contributed by atoms with van der Waals surface area (Å²) in [6.45, 7) is 0.239. The maximum atomic E-state index is 13.6. The molecule has 2 aliphatic heterocycles. The number of ether oxygens (including phenoxy) is 1. The minimum Gasteiger partial charge on any atom is -0.338 e. The number of hydrogen-bond acceptors (Lipinski definition) is 6. The minimum absolute atomic E-state index is 0.0720.